The molecule has 0 radical (unpaired) electrons. The molecule has 1 fully saturated rings. The lowest BCUT2D eigenvalue weighted by Crippen LogP contribution is -2.49. The molecule has 0 aromatic heterocycles. The second-order valence-corrected chi connectivity index (χ2v) is 5.32. The van der Waals surface area contributed by atoms with Crippen LogP contribution < -0.4 is 10.1 Å². The number of methoxy groups -OCH3 is 1. The Labute approximate surface area is 123 Å². The first-order chi connectivity index (χ1) is 9.51. The van der Waals surface area contributed by atoms with Gasteiger partial charge in [0, 0.05) is 13.1 Å². The van der Waals surface area contributed by atoms with E-state index in [4.69, 9.17) is 21.1 Å². The maximum Gasteiger partial charge on any atom is 0.322 e. The Hall–Kier alpha value is -1.46. The molecule has 6 heteroatoms. The molecule has 110 valence electrons. The van der Waals surface area contributed by atoms with Crippen molar-refractivity contribution in [3.05, 3.63) is 23.2 Å². The van der Waals surface area contributed by atoms with Crippen molar-refractivity contribution in [3.8, 4) is 5.75 Å². The largest absolute Gasteiger partial charge is 0.493 e. The standard InChI is InChI=1S/C14H19ClN2O3/c1-9-7-17(8-10(2)20-9)14(18)16-12-6-4-5-11(15)13(12)19-3/h4-6,9-10H,7-8H2,1-3H3,(H,16,18)/t9-,10-/m1/s1. The molecule has 1 aromatic carbocycles. The van der Waals surface area contributed by atoms with Gasteiger partial charge in [-0.05, 0) is 26.0 Å². The molecule has 0 aliphatic carbocycles. The monoisotopic (exact) mass is 298 g/mol. The van der Waals surface area contributed by atoms with Crippen LogP contribution in [0.3, 0.4) is 0 Å². The molecule has 0 unspecified atom stereocenters. The number of halogens is 1. The summed E-state index contributed by atoms with van der Waals surface area (Å²) in [5, 5.41) is 3.30. The Morgan fingerprint density at radius 2 is 2.05 bits per heavy atom. The second-order valence-electron chi connectivity index (χ2n) is 4.91. The second kappa shape index (κ2) is 6.33. The van der Waals surface area contributed by atoms with Crippen LogP contribution in [0.15, 0.2) is 18.2 Å². The molecule has 2 amide bonds. The Balaban J connectivity index is 2.10. The first-order valence-corrected chi connectivity index (χ1v) is 6.93. The van der Waals surface area contributed by atoms with E-state index in [9.17, 15) is 4.79 Å². The van der Waals surface area contributed by atoms with Gasteiger partial charge in [0.15, 0.2) is 5.75 Å². The molecular formula is C14H19ClN2O3. The summed E-state index contributed by atoms with van der Waals surface area (Å²) < 4.78 is 10.8. The van der Waals surface area contributed by atoms with Crippen molar-refractivity contribution >= 4 is 23.3 Å². The summed E-state index contributed by atoms with van der Waals surface area (Å²) in [6.07, 6.45) is 0.0662. The predicted molar refractivity (Wildman–Crippen MR) is 78.6 cm³/mol. The number of nitrogens with zero attached hydrogens (tertiary/aromatic N) is 1. The van der Waals surface area contributed by atoms with E-state index in [1.165, 1.54) is 7.11 Å². The van der Waals surface area contributed by atoms with Crippen LogP contribution in [0, 0.1) is 0 Å². The van der Waals surface area contributed by atoms with Crippen LogP contribution in [-0.2, 0) is 4.74 Å². The van der Waals surface area contributed by atoms with Gasteiger partial charge in [-0.15, -0.1) is 0 Å². The zero-order chi connectivity index (χ0) is 14.7. The summed E-state index contributed by atoms with van der Waals surface area (Å²) in [7, 11) is 1.52. The van der Waals surface area contributed by atoms with Gasteiger partial charge in [0.05, 0.1) is 30.0 Å². The Morgan fingerprint density at radius 3 is 2.65 bits per heavy atom. The highest BCUT2D eigenvalue weighted by atomic mass is 35.5. The molecule has 1 aliphatic rings. The molecule has 0 bridgehead atoms. The van der Waals surface area contributed by atoms with Gasteiger partial charge in [0.2, 0.25) is 0 Å². The molecule has 0 spiro atoms. The first kappa shape index (κ1) is 14.9. The number of urea groups is 1. The molecule has 0 saturated carbocycles. The zero-order valence-corrected chi connectivity index (χ0v) is 12.6. The predicted octanol–water partition coefficient (Wildman–Crippen LogP) is 2.99. The van der Waals surface area contributed by atoms with Crippen LogP contribution in [0.5, 0.6) is 5.75 Å². The average molecular weight is 299 g/mol. The SMILES string of the molecule is COc1c(Cl)cccc1NC(=O)N1C[C@@H](C)O[C@H](C)C1. The lowest BCUT2D eigenvalue weighted by atomic mass is 10.2. The van der Waals surface area contributed by atoms with Gasteiger partial charge < -0.3 is 19.7 Å². The number of amides is 2. The van der Waals surface area contributed by atoms with E-state index in [2.05, 4.69) is 5.32 Å². The first-order valence-electron chi connectivity index (χ1n) is 6.55. The van der Waals surface area contributed by atoms with Crippen LogP contribution in [0.25, 0.3) is 0 Å². The fourth-order valence-corrected chi connectivity index (χ4v) is 2.60. The molecule has 1 N–H and O–H groups in total. The number of benzene rings is 1. The third-order valence-electron chi connectivity index (χ3n) is 3.12. The van der Waals surface area contributed by atoms with Crippen molar-refractivity contribution in [1.82, 2.24) is 4.90 Å². The normalized spacial score (nSPS) is 22.5. The van der Waals surface area contributed by atoms with E-state index in [1.54, 1.807) is 23.1 Å². The van der Waals surface area contributed by atoms with Crippen molar-refractivity contribution in [2.45, 2.75) is 26.1 Å². The number of carbonyl (C=O) groups excluding carboxylic acids is 1. The summed E-state index contributed by atoms with van der Waals surface area (Å²) in [6, 6.07) is 5.07. The Kier molecular flexibility index (Phi) is 4.73. The number of ether oxygens (including phenoxy) is 2. The van der Waals surface area contributed by atoms with Gasteiger partial charge >= 0.3 is 6.03 Å². The van der Waals surface area contributed by atoms with E-state index in [0.29, 0.717) is 29.5 Å². The number of hydrogen-bond donors (Lipinski definition) is 1. The highest BCUT2D eigenvalue weighted by Crippen LogP contribution is 2.32. The fourth-order valence-electron chi connectivity index (χ4n) is 2.35. The summed E-state index contributed by atoms with van der Waals surface area (Å²) in [5.41, 5.74) is 0.566. The minimum absolute atomic E-state index is 0.0331. The fraction of sp³-hybridized carbons (Fsp3) is 0.500. The van der Waals surface area contributed by atoms with Gasteiger partial charge in [0.1, 0.15) is 0 Å². The maximum absolute atomic E-state index is 12.3. The number of morpholine rings is 1. The van der Waals surface area contributed by atoms with Gasteiger partial charge in [-0.2, -0.15) is 0 Å². The van der Waals surface area contributed by atoms with E-state index in [-0.39, 0.29) is 18.2 Å². The minimum Gasteiger partial charge on any atom is -0.493 e. The van der Waals surface area contributed by atoms with Crippen molar-refractivity contribution in [1.29, 1.82) is 0 Å². The number of hydrogen-bond acceptors (Lipinski definition) is 3. The number of anilines is 1. The molecule has 2 atom stereocenters. The van der Waals surface area contributed by atoms with Crippen LogP contribution in [-0.4, -0.2) is 43.3 Å². The zero-order valence-electron chi connectivity index (χ0n) is 11.9. The highest BCUT2D eigenvalue weighted by Gasteiger charge is 2.26. The van der Waals surface area contributed by atoms with E-state index in [1.807, 2.05) is 13.8 Å². The molecule has 20 heavy (non-hydrogen) atoms. The summed E-state index contributed by atoms with van der Waals surface area (Å²) in [4.78, 5) is 14.0. The highest BCUT2D eigenvalue weighted by molar-refractivity contribution is 6.32. The maximum atomic E-state index is 12.3. The van der Waals surface area contributed by atoms with Crippen molar-refractivity contribution in [2.24, 2.45) is 0 Å². The molecule has 2 rings (SSSR count). The topological polar surface area (TPSA) is 50.8 Å². The smallest absolute Gasteiger partial charge is 0.322 e. The van der Waals surface area contributed by atoms with E-state index in [0.717, 1.165) is 0 Å². The number of carbonyl (C=O) groups is 1. The van der Waals surface area contributed by atoms with Gasteiger partial charge in [-0.25, -0.2) is 4.79 Å². The average Bonchev–Trinajstić information content (AvgIpc) is 2.37. The van der Waals surface area contributed by atoms with Crippen molar-refractivity contribution < 1.29 is 14.3 Å². The van der Waals surface area contributed by atoms with Crippen LogP contribution in [0.2, 0.25) is 5.02 Å². The Morgan fingerprint density at radius 1 is 1.40 bits per heavy atom. The van der Waals surface area contributed by atoms with E-state index >= 15 is 0 Å². The van der Waals surface area contributed by atoms with Gasteiger partial charge in [0.25, 0.3) is 0 Å². The van der Waals surface area contributed by atoms with E-state index < -0.39 is 0 Å². The number of para-hydroxylation sites is 1. The van der Waals surface area contributed by atoms with Crippen molar-refractivity contribution in [3.63, 3.8) is 0 Å². The molecule has 1 aromatic rings. The molecule has 1 saturated heterocycles. The Bertz CT molecular complexity index is 485. The lowest BCUT2D eigenvalue weighted by Gasteiger charge is -2.35. The van der Waals surface area contributed by atoms with Gasteiger partial charge in [-0.3, -0.25) is 0 Å². The number of nitrogens with one attached hydrogen (secondary N) is 1. The third-order valence-corrected chi connectivity index (χ3v) is 3.42. The van der Waals surface area contributed by atoms with Gasteiger partial charge in [-0.1, -0.05) is 17.7 Å². The molecule has 1 aliphatic heterocycles. The molecule has 1 heterocycles. The lowest BCUT2D eigenvalue weighted by molar-refractivity contribution is -0.0530. The summed E-state index contributed by atoms with van der Waals surface area (Å²) >= 11 is 6.04. The number of rotatable bonds is 2. The molecule has 5 nitrogen and oxygen atoms in total. The van der Waals surface area contributed by atoms with Crippen LogP contribution in [0.4, 0.5) is 10.5 Å². The van der Waals surface area contributed by atoms with Crippen molar-refractivity contribution in [2.75, 3.05) is 25.5 Å². The quantitative estimate of drug-likeness (QED) is 0.913. The van der Waals surface area contributed by atoms with Crippen LogP contribution >= 0.6 is 11.6 Å². The third kappa shape index (κ3) is 3.35. The minimum atomic E-state index is -0.174. The summed E-state index contributed by atoms with van der Waals surface area (Å²) in [6.45, 7) is 5.05. The molecular weight excluding hydrogens is 280 g/mol. The van der Waals surface area contributed by atoms with Crippen LogP contribution in [0.1, 0.15) is 13.8 Å². The summed E-state index contributed by atoms with van der Waals surface area (Å²) in [5.74, 6) is 0.469.